The molecule has 0 saturated carbocycles. The molecule has 41 valence electrons. The number of hydrogen-bond acceptors (Lipinski definition) is 4. The molecule has 4 nitrogen and oxygen atoms in total. The summed E-state index contributed by atoms with van der Waals surface area (Å²) in [6.45, 7) is 1.20. The van der Waals surface area contributed by atoms with E-state index in [0.717, 1.165) is 6.39 Å². The van der Waals surface area contributed by atoms with Gasteiger partial charge < -0.3 is 9.15 Å². The second-order valence-corrected chi connectivity index (χ2v) is 1.01. The Labute approximate surface area is 45.1 Å². The van der Waals surface area contributed by atoms with E-state index in [1.807, 2.05) is 0 Å². The maximum atomic E-state index is 9.44. The second-order valence-electron chi connectivity index (χ2n) is 1.01. The highest BCUT2D eigenvalue weighted by molar-refractivity contribution is 5.43. The van der Waals surface area contributed by atoms with E-state index in [9.17, 15) is 4.79 Å². The van der Waals surface area contributed by atoms with Crippen molar-refractivity contribution in [3.05, 3.63) is 12.7 Å². The minimum absolute atomic E-state index is 0.125. The summed E-state index contributed by atoms with van der Waals surface area (Å²) in [6, 6.07) is 0. The van der Waals surface area contributed by atoms with Crippen molar-refractivity contribution in [2.75, 3.05) is 0 Å². The van der Waals surface area contributed by atoms with Gasteiger partial charge >= 0.3 is 6.47 Å². The topological polar surface area (TPSA) is 52.3 Å². The van der Waals surface area contributed by atoms with Crippen LogP contribution in [0.5, 0.6) is 5.88 Å². The summed E-state index contributed by atoms with van der Waals surface area (Å²) < 4.78 is 8.59. The van der Waals surface area contributed by atoms with Gasteiger partial charge in [-0.3, -0.25) is 0 Å². The SMILES string of the molecule is O=[C]Oc1cocn1. The molecule has 0 aliphatic carbocycles. The van der Waals surface area contributed by atoms with Crippen molar-refractivity contribution >= 4 is 6.47 Å². The lowest BCUT2D eigenvalue weighted by atomic mass is 10.9. The number of hydrogen-bond donors (Lipinski definition) is 0. The molecule has 0 aliphatic heterocycles. The highest BCUT2D eigenvalue weighted by Crippen LogP contribution is 2.01. The minimum Gasteiger partial charge on any atom is -0.448 e. The van der Waals surface area contributed by atoms with E-state index in [1.165, 1.54) is 12.7 Å². The Hall–Kier alpha value is -1.32. The average Bonchev–Trinajstić information content (AvgIpc) is 2.19. The molecule has 0 fully saturated rings. The van der Waals surface area contributed by atoms with E-state index in [4.69, 9.17) is 0 Å². The van der Waals surface area contributed by atoms with Crippen LogP contribution in [0.1, 0.15) is 0 Å². The van der Waals surface area contributed by atoms with Crippen molar-refractivity contribution < 1.29 is 13.9 Å². The van der Waals surface area contributed by atoms with E-state index < -0.39 is 0 Å². The first-order valence-corrected chi connectivity index (χ1v) is 1.85. The van der Waals surface area contributed by atoms with E-state index >= 15 is 0 Å². The molecule has 1 aromatic heterocycles. The van der Waals surface area contributed by atoms with Crippen molar-refractivity contribution in [3.8, 4) is 5.88 Å². The molecule has 0 amide bonds. The zero-order chi connectivity index (χ0) is 5.82. The molecule has 1 rings (SSSR count). The Kier molecular flexibility index (Phi) is 1.27. The number of oxazole rings is 1. The van der Waals surface area contributed by atoms with Crippen molar-refractivity contribution in [2.24, 2.45) is 0 Å². The molecule has 8 heavy (non-hydrogen) atoms. The average molecular weight is 112 g/mol. The van der Waals surface area contributed by atoms with Crippen LogP contribution >= 0.6 is 0 Å². The highest BCUT2D eigenvalue weighted by Gasteiger charge is 1.91. The van der Waals surface area contributed by atoms with Crippen LogP contribution in [0.2, 0.25) is 0 Å². The molecule has 0 aliphatic rings. The van der Waals surface area contributed by atoms with E-state index in [-0.39, 0.29) is 5.88 Å². The van der Waals surface area contributed by atoms with Gasteiger partial charge in [-0.1, -0.05) is 0 Å². The number of aromatic nitrogens is 1. The molecule has 0 spiro atoms. The maximum Gasteiger partial charge on any atom is 0.424 e. The first kappa shape index (κ1) is 4.83. The lowest BCUT2D eigenvalue weighted by Crippen LogP contribution is -1.86. The number of rotatable bonds is 2. The lowest BCUT2D eigenvalue weighted by Gasteiger charge is -1.79. The normalized spacial score (nSPS) is 8.50. The Morgan fingerprint density at radius 3 is 3.25 bits per heavy atom. The van der Waals surface area contributed by atoms with Gasteiger partial charge in [0.25, 0.3) is 5.88 Å². The van der Waals surface area contributed by atoms with Gasteiger partial charge in [0, 0.05) is 0 Å². The molecule has 0 unspecified atom stereocenters. The summed E-state index contributed by atoms with van der Waals surface area (Å²) in [4.78, 5) is 12.9. The van der Waals surface area contributed by atoms with Crippen LogP contribution in [0.25, 0.3) is 0 Å². The van der Waals surface area contributed by atoms with Crippen molar-refractivity contribution in [1.29, 1.82) is 0 Å². The monoisotopic (exact) mass is 112 g/mol. The van der Waals surface area contributed by atoms with Gasteiger partial charge in [-0.15, -0.1) is 0 Å². The number of ether oxygens (including phenoxy) is 1. The fourth-order valence-electron chi connectivity index (χ4n) is 0.295. The third-order valence-corrected chi connectivity index (χ3v) is 0.556. The van der Waals surface area contributed by atoms with Gasteiger partial charge in [-0.2, -0.15) is 4.98 Å². The summed E-state index contributed by atoms with van der Waals surface area (Å²) >= 11 is 0. The molecule has 0 atom stereocenters. The highest BCUT2D eigenvalue weighted by atomic mass is 16.5. The van der Waals surface area contributed by atoms with Gasteiger partial charge in [0.2, 0.25) is 0 Å². The quantitative estimate of drug-likeness (QED) is 0.545. The minimum atomic E-state index is 0.125. The van der Waals surface area contributed by atoms with Gasteiger partial charge in [0.1, 0.15) is 0 Å². The first-order valence-electron chi connectivity index (χ1n) is 1.85. The zero-order valence-electron chi connectivity index (χ0n) is 3.83. The zero-order valence-corrected chi connectivity index (χ0v) is 3.83. The Bertz CT molecular complexity index is 158. The molecule has 0 saturated heterocycles. The van der Waals surface area contributed by atoms with Crippen LogP contribution in [-0.2, 0) is 4.79 Å². The second kappa shape index (κ2) is 2.11. The summed E-state index contributed by atoms with van der Waals surface area (Å²) in [5.74, 6) is 0.125. The summed E-state index contributed by atoms with van der Waals surface area (Å²) in [7, 11) is 0. The molecular weight excluding hydrogens is 110 g/mol. The van der Waals surface area contributed by atoms with Crippen LogP contribution in [-0.4, -0.2) is 11.5 Å². The fraction of sp³-hybridized carbons (Fsp3) is 0. The molecule has 1 aromatic rings. The Morgan fingerprint density at radius 1 is 1.88 bits per heavy atom. The van der Waals surface area contributed by atoms with Crippen LogP contribution in [0, 0.1) is 0 Å². The van der Waals surface area contributed by atoms with E-state index in [0.29, 0.717) is 0 Å². The summed E-state index contributed by atoms with van der Waals surface area (Å²) in [6.07, 6.45) is 2.36. The fourth-order valence-corrected chi connectivity index (χ4v) is 0.295. The van der Waals surface area contributed by atoms with Gasteiger partial charge in [0.15, 0.2) is 12.7 Å². The van der Waals surface area contributed by atoms with Gasteiger partial charge in [-0.25, -0.2) is 4.79 Å². The standard InChI is InChI=1S/C4H2NO3/c6-3-8-4-1-7-2-5-4/h1-2H. The maximum absolute atomic E-state index is 9.44. The molecule has 0 bridgehead atoms. The van der Waals surface area contributed by atoms with Crippen LogP contribution in [0.3, 0.4) is 0 Å². The third-order valence-electron chi connectivity index (χ3n) is 0.556. The Balaban J connectivity index is 2.62. The van der Waals surface area contributed by atoms with Crippen molar-refractivity contribution in [3.63, 3.8) is 0 Å². The molecule has 0 aromatic carbocycles. The van der Waals surface area contributed by atoms with Crippen LogP contribution in [0.4, 0.5) is 0 Å². The predicted octanol–water partition coefficient (Wildman–Crippen LogP) is 0.121. The van der Waals surface area contributed by atoms with Crippen molar-refractivity contribution in [1.82, 2.24) is 4.98 Å². The number of carbonyl (C=O) groups excluding carboxylic acids is 1. The molecule has 4 heteroatoms. The largest absolute Gasteiger partial charge is 0.448 e. The van der Waals surface area contributed by atoms with E-state index in [1.54, 1.807) is 0 Å². The van der Waals surface area contributed by atoms with Gasteiger partial charge in [0.05, 0.1) is 0 Å². The van der Waals surface area contributed by atoms with E-state index in [2.05, 4.69) is 14.1 Å². The van der Waals surface area contributed by atoms with Gasteiger partial charge in [-0.05, 0) is 0 Å². The smallest absolute Gasteiger partial charge is 0.424 e. The van der Waals surface area contributed by atoms with Crippen LogP contribution in [0.15, 0.2) is 17.1 Å². The molecule has 1 heterocycles. The molecular formula is C4H2NO3. The summed E-state index contributed by atoms with van der Waals surface area (Å²) in [5, 5.41) is 0. The first-order chi connectivity index (χ1) is 3.93. The third kappa shape index (κ3) is 0.841. The molecule has 1 radical (unpaired) electrons. The van der Waals surface area contributed by atoms with Crippen LogP contribution < -0.4 is 4.74 Å². The lowest BCUT2D eigenvalue weighted by molar-refractivity contribution is 0.431. The number of nitrogens with zero attached hydrogens (tertiary/aromatic N) is 1. The Morgan fingerprint density at radius 2 is 2.75 bits per heavy atom. The molecule has 0 N–H and O–H groups in total. The van der Waals surface area contributed by atoms with Crippen molar-refractivity contribution in [2.45, 2.75) is 0 Å². The summed E-state index contributed by atoms with van der Waals surface area (Å²) in [5.41, 5.74) is 0. The predicted molar refractivity (Wildman–Crippen MR) is 22.8 cm³/mol.